The summed E-state index contributed by atoms with van der Waals surface area (Å²) in [6.45, 7) is 1.23. The van der Waals surface area contributed by atoms with E-state index in [1.54, 1.807) is 4.90 Å². The molecule has 0 radical (unpaired) electrons. The number of benzene rings is 1. The van der Waals surface area contributed by atoms with Crippen LogP contribution in [-0.2, 0) is 11.3 Å². The SMILES string of the molecule is O=C(O)C1CCN(C(=O)NCc2cccc(Br)c2)C1. The summed E-state index contributed by atoms with van der Waals surface area (Å²) in [6.07, 6.45) is 0.527. The van der Waals surface area contributed by atoms with E-state index in [1.165, 1.54) is 0 Å². The van der Waals surface area contributed by atoms with E-state index in [4.69, 9.17) is 5.11 Å². The normalized spacial score (nSPS) is 18.4. The van der Waals surface area contributed by atoms with Crippen molar-refractivity contribution in [2.24, 2.45) is 5.92 Å². The zero-order valence-corrected chi connectivity index (χ0v) is 11.9. The highest BCUT2D eigenvalue weighted by Crippen LogP contribution is 2.16. The van der Waals surface area contributed by atoms with Crippen LogP contribution in [0.1, 0.15) is 12.0 Å². The van der Waals surface area contributed by atoms with E-state index in [0.717, 1.165) is 10.0 Å². The van der Waals surface area contributed by atoms with Gasteiger partial charge in [0, 0.05) is 24.1 Å². The molecule has 0 aliphatic carbocycles. The Labute approximate surface area is 119 Å². The number of urea groups is 1. The van der Waals surface area contributed by atoms with Gasteiger partial charge in [-0.05, 0) is 24.1 Å². The molecular weight excluding hydrogens is 312 g/mol. The first kappa shape index (κ1) is 13.9. The molecule has 0 bridgehead atoms. The van der Waals surface area contributed by atoms with Gasteiger partial charge >= 0.3 is 12.0 Å². The Balaban J connectivity index is 1.84. The number of halogens is 1. The van der Waals surface area contributed by atoms with Crippen LogP contribution in [0.2, 0.25) is 0 Å². The highest BCUT2D eigenvalue weighted by molar-refractivity contribution is 9.10. The summed E-state index contributed by atoms with van der Waals surface area (Å²) in [4.78, 5) is 24.3. The van der Waals surface area contributed by atoms with E-state index in [9.17, 15) is 9.59 Å². The van der Waals surface area contributed by atoms with Gasteiger partial charge in [-0.25, -0.2) is 4.79 Å². The first-order valence-corrected chi connectivity index (χ1v) is 6.85. The molecule has 102 valence electrons. The quantitative estimate of drug-likeness (QED) is 0.893. The number of nitrogens with zero attached hydrogens (tertiary/aromatic N) is 1. The van der Waals surface area contributed by atoms with Gasteiger partial charge in [0.15, 0.2) is 0 Å². The number of carbonyl (C=O) groups is 2. The van der Waals surface area contributed by atoms with Crippen molar-refractivity contribution in [3.05, 3.63) is 34.3 Å². The van der Waals surface area contributed by atoms with Gasteiger partial charge in [-0.1, -0.05) is 28.1 Å². The molecule has 0 spiro atoms. The molecule has 5 nitrogen and oxygen atoms in total. The first-order valence-electron chi connectivity index (χ1n) is 6.06. The molecule has 1 saturated heterocycles. The van der Waals surface area contributed by atoms with Crippen molar-refractivity contribution in [3.8, 4) is 0 Å². The fourth-order valence-electron chi connectivity index (χ4n) is 2.08. The number of aliphatic carboxylic acids is 1. The van der Waals surface area contributed by atoms with Gasteiger partial charge in [0.2, 0.25) is 0 Å². The van der Waals surface area contributed by atoms with Crippen molar-refractivity contribution in [2.75, 3.05) is 13.1 Å². The van der Waals surface area contributed by atoms with Gasteiger partial charge in [0.25, 0.3) is 0 Å². The summed E-state index contributed by atoms with van der Waals surface area (Å²) in [7, 11) is 0. The highest BCUT2D eigenvalue weighted by Gasteiger charge is 2.30. The van der Waals surface area contributed by atoms with Crippen LogP contribution in [-0.4, -0.2) is 35.1 Å². The highest BCUT2D eigenvalue weighted by atomic mass is 79.9. The number of rotatable bonds is 3. The van der Waals surface area contributed by atoms with Gasteiger partial charge < -0.3 is 15.3 Å². The molecule has 1 fully saturated rings. The van der Waals surface area contributed by atoms with Gasteiger partial charge in [-0.15, -0.1) is 0 Å². The van der Waals surface area contributed by atoms with E-state index >= 15 is 0 Å². The van der Waals surface area contributed by atoms with Crippen molar-refractivity contribution in [1.29, 1.82) is 0 Å². The second kappa shape index (κ2) is 6.06. The van der Waals surface area contributed by atoms with Crippen molar-refractivity contribution < 1.29 is 14.7 Å². The molecule has 1 aromatic rings. The predicted octanol–water partition coefficient (Wildman–Crippen LogP) is 2.07. The van der Waals surface area contributed by atoms with Crippen molar-refractivity contribution >= 4 is 27.9 Å². The van der Waals surface area contributed by atoms with Crippen LogP contribution in [0, 0.1) is 5.92 Å². The molecule has 0 saturated carbocycles. The molecule has 1 atom stereocenters. The van der Waals surface area contributed by atoms with E-state index < -0.39 is 11.9 Å². The maximum atomic E-state index is 11.9. The van der Waals surface area contributed by atoms with Gasteiger partial charge in [-0.3, -0.25) is 4.79 Å². The molecule has 2 N–H and O–H groups in total. The molecule has 19 heavy (non-hydrogen) atoms. The van der Waals surface area contributed by atoms with E-state index in [1.807, 2.05) is 24.3 Å². The van der Waals surface area contributed by atoms with Gasteiger partial charge in [-0.2, -0.15) is 0 Å². The van der Waals surface area contributed by atoms with E-state index in [-0.39, 0.29) is 6.03 Å². The van der Waals surface area contributed by atoms with E-state index in [0.29, 0.717) is 26.1 Å². The Hall–Kier alpha value is -1.56. The lowest BCUT2D eigenvalue weighted by molar-refractivity contribution is -0.141. The number of amides is 2. The molecule has 1 aliphatic rings. The lowest BCUT2D eigenvalue weighted by Gasteiger charge is -2.16. The van der Waals surface area contributed by atoms with E-state index in [2.05, 4.69) is 21.2 Å². The summed E-state index contributed by atoms with van der Waals surface area (Å²) in [5, 5.41) is 11.7. The van der Waals surface area contributed by atoms with Crippen LogP contribution >= 0.6 is 15.9 Å². The molecule has 1 heterocycles. The molecule has 2 rings (SSSR count). The maximum absolute atomic E-state index is 11.9. The van der Waals surface area contributed by atoms with Crippen LogP contribution in [0.15, 0.2) is 28.7 Å². The number of carbonyl (C=O) groups excluding carboxylic acids is 1. The summed E-state index contributed by atoms with van der Waals surface area (Å²) in [5.41, 5.74) is 0.997. The molecular formula is C13H15BrN2O3. The minimum Gasteiger partial charge on any atom is -0.481 e. The van der Waals surface area contributed by atoms with Crippen LogP contribution in [0.25, 0.3) is 0 Å². The van der Waals surface area contributed by atoms with Crippen LogP contribution < -0.4 is 5.32 Å². The Morgan fingerprint density at radius 3 is 2.89 bits per heavy atom. The zero-order valence-electron chi connectivity index (χ0n) is 10.3. The number of hydrogen-bond acceptors (Lipinski definition) is 2. The number of carboxylic acid groups (broad SMARTS) is 1. The standard InChI is InChI=1S/C13H15BrN2O3/c14-11-3-1-2-9(6-11)7-15-13(19)16-5-4-10(8-16)12(17)18/h1-3,6,10H,4-5,7-8H2,(H,15,19)(H,17,18). The molecule has 6 heteroatoms. The van der Waals surface area contributed by atoms with Gasteiger partial charge in [0.1, 0.15) is 0 Å². The third kappa shape index (κ3) is 3.70. The third-order valence-corrected chi connectivity index (χ3v) is 3.65. The van der Waals surface area contributed by atoms with Crippen molar-refractivity contribution in [1.82, 2.24) is 10.2 Å². The zero-order chi connectivity index (χ0) is 13.8. The number of nitrogens with one attached hydrogen (secondary N) is 1. The average molecular weight is 327 g/mol. The largest absolute Gasteiger partial charge is 0.481 e. The second-order valence-corrected chi connectivity index (χ2v) is 5.47. The monoisotopic (exact) mass is 326 g/mol. The van der Waals surface area contributed by atoms with Crippen molar-refractivity contribution in [2.45, 2.75) is 13.0 Å². The fraction of sp³-hybridized carbons (Fsp3) is 0.385. The maximum Gasteiger partial charge on any atom is 0.317 e. The Morgan fingerprint density at radius 1 is 1.47 bits per heavy atom. The Bertz CT molecular complexity index is 493. The summed E-state index contributed by atoms with van der Waals surface area (Å²) >= 11 is 3.37. The number of hydrogen-bond donors (Lipinski definition) is 2. The topological polar surface area (TPSA) is 69.6 Å². The van der Waals surface area contributed by atoms with Crippen LogP contribution in [0.4, 0.5) is 4.79 Å². The fourth-order valence-corrected chi connectivity index (χ4v) is 2.53. The first-order chi connectivity index (χ1) is 9.06. The second-order valence-electron chi connectivity index (χ2n) is 4.56. The number of likely N-dealkylation sites (tertiary alicyclic amines) is 1. The molecule has 1 unspecified atom stereocenters. The Kier molecular flexibility index (Phi) is 4.42. The minimum atomic E-state index is -0.831. The third-order valence-electron chi connectivity index (χ3n) is 3.16. The van der Waals surface area contributed by atoms with Gasteiger partial charge in [0.05, 0.1) is 5.92 Å². The molecule has 1 aromatic carbocycles. The lowest BCUT2D eigenvalue weighted by atomic mass is 10.1. The summed E-state index contributed by atoms with van der Waals surface area (Å²) in [5.74, 6) is -1.26. The number of carboxylic acids is 1. The molecule has 0 aromatic heterocycles. The minimum absolute atomic E-state index is 0.205. The lowest BCUT2D eigenvalue weighted by Crippen LogP contribution is -2.38. The average Bonchev–Trinajstić information content (AvgIpc) is 2.86. The molecule has 1 aliphatic heterocycles. The smallest absolute Gasteiger partial charge is 0.317 e. The summed E-state index contributed by atoms with van der Waals surface area (Å²) in [6, 6.07) is 7.48. The van der Waals surface area contributed by atoms with Crippen LogP contribution in [0.5, 0.6) is 0 Å². The molecule has 2 amide bonds. The van der Waals surface area contributed by atoms with Crippen LogP contribution in [0.3, 0.4) is 0 Å². The van der Waals surface area contributed by atoms with Crippen molar-refractivity contribution in [3.63, 3.8) is 0 Å². The predicted molar refractivity (Wildman–Crippen MR) is 73.7 cm³/mol. The summed E-state index contributed by atoms with van der Waals surface area (Å²) < 4.78 is 0.964. The Morgan fingerprint density at radius 2 is 2.26 bits per heavy atom.